The first-order valence-corrected chi connectivity index (χ1v) is 10.6. The number of hydrogen-bond acceptors (Lipinski definition) is 4. The molecule has 0 aliphatic rings. The van der Waals surface area contributed by atoms with E-state index in [9.17, 15) is 4.79 Å². The molecule has 4 nitrogen and oxygen atoms in total. The highest BCUT2D eigenvalue weighted by atomic mass is 35.5. The molecule has 0 aromatic heterocycles. The van der Waals surface area contributed by atoms with Crippen LogP contribution in [0.4, 0.5) is 0 Å². The van der Waals surface area contributed by atoms with Crippen molar-refractivity contribution in [2.45, 2.75) is 0 Å². The van der Waals surface area contributed by atoms with E-state index in [2.05, 4.69) is 0 Å². The minimum atomic E-state index is -0.145. The van der Waals surface area contributed by atoms with Gasteiger partial charge in [0.05, 0.1) is 21.3 Å². The molecule has 0 heterocycles. The number of carbonyl (C=O) groups is 1. The zero-order valence-corrected chi connectivity index (χ0v) is 19.5. The van der Waals surface area contributed by atoms with Gasteiger partial charge in [-0.1, -0.05) is 54.1 Å². The number of rotatable bonds is 9. The average Bonchev–Trinajstić information content (AvgIpc) is 2.85. The van der Waals surface area contributed by atoms with Crippen molar-refractivity contribution in [2.75, 3.05) is 21.3 Å². The quantitative estimate of drug-likeness (QED) is 0.259. The topological polar surface area (TPSA) is 44.8 Å². The summed E-state index contributed by atoms with van der Waals surface area (Å²) in [7, 11) is 4.83. The van der Waals surface area contributed by atoms with Gasteiger partial charge in [0.15, 0.2) is 5.78 Å². The third-order valence-electron chi connectivity index (χ3n) is 4.90. The van der Waals surface area contributed by atoms with Crippen molar-refractivity contribution in [1.82, 2.24) is 0 Å². The van der Waals surface area contributed by atoms with Gasteiger partial charge in [-0.25, -0.2) is 0 Å². The van der Waals surface area contributed by atoms with E-state index in [1.54, 1.807) is 51.7 Å². The van der Waals surface area contributed by atoms with E-state index >= 15 is 0 Å². The third-order valence-corrected chi connectivity index (χ3v) is 5.15. The van der Waals surface area contributed by atoms with E-state index < -0.39 is 0 Å². The fraction of sp³-hybridized carbons (Fsp3) is 0.107. The van der Waals surface area contributed by atoms with Crippen LogP contribution in [0.15, 0.2) is 72.8 Å². The Morgan fingerprint density at radius 3 is 1.94 bits per heavy atom. The molecule has 0 N–H and O–H groups in total. The van der Waals surface area contributed by atoms with Crippen LogP contribution in [0.2, 0.25) is 5.02 Å². The Labute approximate surface area is 199 Å². The fourth-order valence-electron chi connectivity index (χ4n) is 3.10. The predicted molar refractivity (Wildman–Crippen MR) is 136 cm³/mol. The van der Waals surface area contributed by atoms with E-state index in [0.717, 1.165) is 28.0 Å². The highest BCUT2D eigenvalue weighted by Gasteiger charge is 2.09. The molecule has 3 aromatic carbocycles. The van der Waals surface area contributed by atoms with E-state index in [1.165, 1.54) is 12.2 Å². The second-order valence-electron chi connectivity index (χ2n) is 7.06. The van der Waals surface area contributed by atoms with Crippen LogP contribution in [0.3, 0.4) is 0 Å². The molecule has 168 valence electrons. The van der Waals surface area contributed by atoms with Crippen molar-refractivity contribution >= 4 is 41.7 Å². The Morgan fingerprint density at radius 1 is 0.697 bits per heavy atom. The minimum Gasteiger partial charge on any atom is -0.497 e. The van der Waals surface area contributed by atoms with Gasteiger partial charge >= 0.3 is 0 Å². The van der Waals surface area contributed by atoms with Crippen molar-refractivity contribution < 1.29 is 19.0 Å². The Hall–Kier alpha value is -3.76. The summed E-state index contributed by atoms with van der Waals surface area (Å²) in [6.07, 6.45) is 10.5. The smallest absolute Gasteiger partial charge is 0.178 e. The number of ether oxygens (including phenoxy) is 3. The molecular weight excluding hydrogens is 436 g/mol. The summed E-state index contributed by atoms with van der Waals surface area (Å²) in [4.78, 5) is 12.4. The van der Waals surface area contributed by atoms with Gasteiger partial charge in [0, 0.05) is 16.7 Å². The molecule has 0 aliphatic carbocycles. The van der Waals surface area contributed by atoms with Crippen molar-refractivity contribution in [2.24, 2.45) is 0 Å². The summed E-state index contributed by atoms with van der Waals surface area (Å²) in [5.74, 6) is 1.92. The third kappa shape index (κ3) is 6.86. The molecule has 0 saturated carbocycles. The normalized spacial score (nSPS) is 11.4. The summed E-state index contributed by atoms with van der Waals surface area (Å²) in [6.45, 7) is 0. The van der Waals surface area contributed by atoms with Crippen molar-refractivity contribution in [1.29, 1.82) is 0 Å². The maximum Gasteiger partial charge on any atom is 0.178 e. The lowest BCUT2D eigenvalue weighted by Crippen LogP contribution is -1.94. The standard InChI is InChI=1S/C28H25ClO4/c1-31-25-15-8-20(9-16-25)4-10-22-18-26(32-2)19-28(33-3)27(22)17-14-24(30)13-7-21-5-11-23(29)12-6-21/h4-19H,1-3H3/b10-4+,13-7+,17-14+. The van der Waals surface area contributed by atoms with E-state index in [0.29, 0.717) is 16.5 Å². The van der Waals surface area contributed by atoms with Crippen molar-refractivity contribution in [3.05, 3.63) is 100 Å². The zero-order valence-electron chi connectivity index (χ0n) is 18.7. The molecule has 3 rings (SSSR count). The number of ketones is 1. The molecule has 5 heteroatoms. The van der Waals surface area contributed by atoms with Gasteiger partial charge in [-0.05, 0) is 65.3 Å². The summed E-state index contributed by atoms with van der Waals surface area (Å²) >= 11 is 5.90. The number of allylic oxidation sites excluding steroid dienone is 2. The first kappa shape index (κ1) is 23.9. The Bertz CT molecular complexity index is 1170. The summed E-state index contributed by atoms with van der Waals surface area (Å²) < 4.78 is 16.2. The van der Waals surface area contributed by atoms with Crippen LogP contribution < -0.4 is 14.2 Å². The molecule has 0 amide bonds. The lowest BCUT2D eigenvalue weighted by atomic mass is 10.0. The molecule has 33 heavy (non-hydrogen) atoms. The fourth-order valence-corrected chi connectivity index (χ4v) is 3.23. The van der Waals surface area contributed by atoms with Crippen LogP contribution in [-0.2, 0) is 4.79 Å². The van der Waals surface area contributed by atoms with Crippen LogP contribution in [-0.4, -0.2) is 27.1 Å². The Kier molecular flexibility index (Phi) is 8.50. The summed E-state index contributed by atoms with van der Waals surface area (Å²) in [5.41, 5.74) is 3.53. The number of benzene rings is 3. The second-order valence-corrected chi connectivity index (χ2v) is 7.50. The summed E-state index contributed by atoms with van der Waals surface area (Å²) in [5, 5.41) is 0.653. The largest absolute Gasteiger partial charge is 0.497 e. The van der Waals surface area contributed by atoms with E-state index in [1.807, 2.05) is 54.6 Å². The molecule has 0 unspecified atom stereocenters. The van der Waals surface area contributed by atoms with Crippen molar-refractivity contribution in [3.8, 4) is 17.2 Å². The zero-order chi connectivity index (χ0) is 23.6. The Morgan fingerprint density at radius 2 is 1.30 bits per heavy atom. The van der Waals surface area contributed by atoms with Gasteiger partial charge in [-0.15, -0.1) is 0 Å². The SMILES string of the molecule is COc1ccc(/C=C/c2cc(OC)cc(OC)c2/C=C/C(=O)/C=C/c2ccc(Cl)cc2)cc1. The van der Waals surface area contributed by atoms with Crippen LogP contribution in [0, 0.1) is 0 Å². The lowest BCUT2D eigenvalue weighted by Gasteiger charge is -2.11. The van der Waals surface area contributed by atoms with Crippen LogP contribution in [0.5, 0.6) is 17.2 Å². The number of methoxy groups -OCH3 is 3. The predicted octanol–water partition coefficient (Wildman–Crippen LogP) is 6.83. The first-order chi connectivity index (χ1) is 16.0. The molecule has 0 aliphatic heterocycles. The van der Waals surface area contributed by atoms with Gasteiger partial charge in [0.2, 0.25) is 0 Å². The molecule has 3 aromatic rings. The van der Waals surface area contributed by atoms with Crippen molar-refractivity contribution in [3.63, 3.8) is 0 Å². The van der Waals surface area contributed by atoms with Crippen LogP contribution in [0.25, 0.3) is 24.3 Å². The second kappa shape index (κ2) is 11.7. The molecule has 0 fully saturated rings. The Balaban J connectivity index is 1.87. The van der Waals surface area contributed by atoms with Gasteiger partial charge in [-0.3, -0.25) is 4.79 Å². The molecule has 0 atom stereocenters. The molecule has 0 bridgehead atoms. The van der Waals surface area contributed by atoms with E-state index in [4.69, 9.17) is 25.8 Å². The van der Waals surface area contributed by atoms with Gasteiger partial charge in [-0.2, -0.15) is 0 Å². The first-order valence-electron chi connectivity index (χ1n) is 10.3. The van der Waals surface area contributed by atoms with E-state index in [-0.39, 0.29) is 5.78 Å². The maximum absolute atomic E-state index is 12.4. The van der Waals surface area contributed by atoms with Crippen LogP contribution in [0.1, 0.15) is 22.3 Å². The number of carbonyl (C=O) groups excluding carboxylic acids is 1. The molecule has 0 saturated heterocycles. The minimum absolute atomic E-state index is 0.145. The molecular formula is C28H25ClO4. The number of halogens is 1. The van der Waals surface area contributed by atoms with Gasteiger partial charge in [0.25, 0.3) is 0 Å². The number of hydrogen-bond donors (Lipinski definition) is 0. The van der Waals surface area contributed by atoms with Gasteiger partial charge in [0.1, 0.15) is 17.2 Å². The highest BCUT2D eigenvalue weighted by molar-refractivity contribution is 6.30. The van der Waals surface area contributed by atoms with Crippen LogP contribution >= 0.6 is 11.6 Å². The lowest BCUT2D eigenvalue weighted by molar-refractivity contribution is -0.110. The summed E-state index contributed by atoms with van der Waals surface area (Å²) in [6, 6.07) is 18.7. The maximum atomic E-state index is 12.4. The van der Waals surface area contributed by atoms with Gasteiger partial charge < -0.3 is 14.2 Å². The molecule has 0 radical (unpaired) electrons. The molecule has 0 spiro atoms. The monoisotopic (exact) mass is 460 g/mol. The average molecular weight is 461 g/mol. The highest BCUT2D eigenvalue weighted by Crippen LogP contribution is 2.31.